The lowest BCUT2D eigenvalue weighted by atomic mass is 10.0. The van der Waals surface area contributed by atoms with Crippen molar-refractivity contribution in [3.05, 3.63) is 28.3 Å². The summed E-state index contributed by atoms with van der Waals surface area (Å²) in [6, 6.07) is 4.03. The number of likely N-dealkylation sites (tertiary alicyclic amines) is 1. The highest BCUT2D eigenvalue weighted by Gasteiger charge is 2.31. The number of amides is 1. The largest absolute Gasteiger partial charge is 0.448 e. The fourth-order valence-electron chi connectivity index (χ4n) is 2.97. The van der Waals surface area contributed by atoms with Gasteiger partial charge in [0.2, 0.25) is 0 Å². The molecule has 1 aromatic carbocycles. The molecule has 1 saturated heterocycles. The Morgan fingerprint density at radius 1 is 1.41 bits per heavy atom. The molecule has 1 aliphatic heterocycles. The molecule has 1 aliphatic rings. The third kappa shape index (κ3) is 4.66. The summed E-state index contributed by atoms with van der Waals surface area (Å²) in [5.41, 5.74) is 0.135. The Kier molecular flexibility index (Phi) is 5.20. The summed E-state index contributed by atoms with van der Waals surface area (Å²) in [4.78, 5) is 28.6. The zero-order valence-corrected chi connectivity index (χ0v) is 15.6. The van der Waals surface area contributed by atoms with Crippen LogP contribution in [0, 0.1) is 10.1 Å². The number of hydrogen-bond acceptors (Lipinski definition) is 7. The molecule has 0 aliphatic carbocycles. The molecular weight excluding hydrogens is 354 g/mol. The Bertz CT molecular complexity index is 841. The van der Waals surface area contributed by atoms with Crippen molar-refractivity contribution in [2.45, 2.75) is 51.7 Å². The van der Waals surface area contributed by atoms with E-state index < -0.39 is 10.5 Å². The predicted octanol–water partition coefficient (Wildman–Crippen LogP) is 3.90. The molecule has 0 unspecified atom stereocenters. The van der Waals surface area contributed by atoms with Crippen LogP contribution >= 0.6 is 0 Å². The smallest absolute Gasteiger partial charge is 0.410 e. The molecule has 0 saturated carbocycles. The van der Waals surface area contributed by atoms with Crippen LogP contribution in [0.2, 0.25) is 0 Å². The van der Waals surface area contributed by atoms with Gasteiger partial charge in [0.05, 0.1) is 11.0 Å². The monoisotopic (exact) mass is 377 g/mol. The van der Waals surface area contributed by atoms with Gasteiger partial charge in [-0.1, -0.05) is 0 Å². The number of nitro benzene ring substituents is 1. The van der Waals surface area contributed by atoms with Gasteiger partial charge in [-0.2, -0.15) is 4.98 Å². The molecule has 1 atom stereocenters. The molecule has 2 heterocycles. The van der Waals surface area contributed by atoms with Gasteiger partial charge >= 0.3 is 12.2 Å². The van der Waals surface area contributed by atoms with E-state index in [0.29, 0.717) is 17.6 Å². The number of nitro groups is 1. The molecule has 1 aromatic heterocycles. The number of oxazole rings is 1. The number of carbonyl (C=O) groups excluding carboxylic acids is 1. The van der Waals surface area contributed by atoms with Gasteiger partial charge in [-0.05, 0) is 46.1 Å². The van der Waals surface area contributed by atoms with Crippen LogP contribution in [0.4, 0.5) is 10.5 Å². The molecule has 3 rings (SSSR count). The van der Waals surface area contributed by atoms with Crippen LogP contribution in [0.15, 0.2) is 22.6 Å². The van der Waals surface area contributed by atoms with Gasteiger partial charge in [-0.25, -0.2) is 4.79 Å². The van der Waals surface area contributed by atoms with Crippen LogP contribution in [0.5, 0.6) is 6.08 Å². The van der Waals surface area contributed by atoms with Gasteiger partial charge in [-0.3, -0.25) is 10.1 Å². The van der Waals surface area contributed by atoms with Crippen molar-refractivity contribution in [2.75, 3.05) is 13.2 Å². The minimum absolute atomic E-state index is 0.0280. The first kappa shape index (κ1) is 18.9. The predicted molar refractivity (Wildman–Crippen MR) is 96.7 cm³/mol. The zero-order valence-electron chi connectivity index (χ0n) is 15.6. The number of ether oxygens (including phenoxy) is 2. The summed E-state index contributed by atoms with van der Waals surface area (Å²) in [5.74, 6) is 0. The van der Waals surface area contributed by atoms with E-state index in [1.165, 1.54) is 18.2 Å². The van der Waals surface area contributed by atoms with Crippen molar-refractivity contribution in [1.82, 2.24) is 9.88 Å². The van der Waals surface area contributed by atoms with Crippen molar-refractivity contribution < 1.29 is 23.6 Å². The molecule has 0 radical (unpaired) electrons. The van der Waals surface area contributed by atoms with Crippen LogP contribution in [0.1, 0.15) is 40.0 Å². The molecule has 0 spiro atoms. The molecule has 27 heavy (non-hydrogen) atoms. The first-order valence-corrected chi connectivity index (χ1v) is 8.90. The highest BCUT2D eigenvalue weighted by Crippen LogP contribution is 2.26. The van der Waals surface area contributed by atoms with Gasteiger partial charge < -0.3 is 18.8 Å². The highest BCUT2D eigenvalue weighted by molar-refractivity contribution is 5.76. The van der Waals surface area contributed by atoms with Gasteiger partial charge in [0.15, 0.2) is 5.58 Å². The Hall–Kier alpha value is -2.84. The van der Waals surface area contributed by atoms with E-state index in [9.17, 15) is 14.9 Å². The van der Waals surface area contributed by atoms with E-state index >= 15 is 0 Å². The SMILES string of the molecule is CC(C)(C)OC(=O)N1CCCC[C@@H]1COc1nc2cc([N+](=O)[O-])ccc2o1. The summed E-state index contributed by atoms with van der Waals surface area (Å²) in [7, 11) is 0. The fourth-order valence-corrected chi connectivity index (χ4v) is 2.97. The van der Waals surface area contributed by atoms with Crippen molar-refractivity contribution in [2.24, 2.45) is 0 Å². The lowest BCUT2D eigenvalue weighted by Crippen LogP contribution is -2.48. The number of rotatable bonds is 4. The Morgan fingerprint density at radius 2 is 2.19 bits per heavy atom. The second-order valence-electron chi connectivity index (χ2n) is 7.52. The van der Waals surface area contributed by atoms with Crippen LogP contribution in [0.25, 0.3) is 11.1 Å². The standard InChI is InChI=1S/C18H23N3O6/c1-18(2,3)27-17(22)20-9-5-4-6-13(20)11-25-16-19-14-10-12(21(23)24)7-8-15(14)26-16/h7-8,10,13H,4-6,9,11H2,1-3H3/t13-/m1/s1. The van der Waals surface area contributed by atoms with Crippen molar-refractivity contribution in [3.63, 3.8) is 0 Å². The summed E-state index contributed by atoms with van der Waals surface area (Å²) in [5, 5.41) is 10.8. The van der Waals surface area contributed by atoms with Gasteiger partial charge in [0.25, 0.3) is 5.69 Å². The molecule has 146 valence electrons. The number of aromatic nitrogens is 1. The average molecular weight is 377 g/mol. The number of nitrogens with zero attached hydrogens (tertiary/aromatic N) is 3. The summed E-state index contributed by atoms with van der Waals surface area (Å²) in [6.45, 7) is 6.32. The Labute approximate surface area is 156 Å². The van der Waals surface area contributed by atoms with E-state index in [-0.39, 0.29) is 30.5 Å². The minimum Gasteiger partial charge on any atom is -0.448 e. The Morgan fingerprint density at radius 3 is 2.89 bits per heavy atom. The molecule has 1 fully saturated rings. The normalized spacial score (nSPS) is 17.7. The maximum atomic E-state index is 12.4. The fraction of sp³-hybridized carbons (Fsp3) is 0.556. The van der Waals surface area contributed by atoms with Crippen molar-refractivity contribution >= 4 is 22.9 Å². The minimum atomic E-state index is -0.561. The van der Waals surface area contributed by atoms with E-state index in [2.05, 4.69) is 4.98 Å². The summed E-state index contributed by atoms with van der Waals surface area (Å²) >= 11 is 0. The maximum Gasteiger partial charge on any atom is 0.410 e. The van der Waals surface area contributed by atoms with Crippen LogP contribution in [-0.2, 0) is 4.74 Å². The lowest BCUT2D eigenvalue weighted by molar-refractivity contribution is -0.384. The van der Waals surface area contributed by atoms with E-state index in [1.54, 1.807) is 4.90 Å². The van der Waals surface area contributed by atoms with Crippen molar-refractivity contribution in [1.29, 1.82) is 0 Å². The number of benzene rings is 1. The number of carbonyl (C=O) groups is 1. The molecule has 9 nitrogen and oxygen atoms in total. The van der Waals surface area contributed by atoms with Crippen molar-refractivity contribution in [3.8, 4) is 6.08 Å². The average Bonchev–Trinajstić information content (AvgIpc) is 3.00. The van der Waals surface area contributed by atoms with E-state index in [1.807, 2.05) is 20.8 Å². The zero-order chi connectivity index (χ0) is 19.6. The number of hydrogen-bond donors (Lipinski definition) is 0. The topological polar surface area (TPSA) is 108 Å². The van der Waals surface area contributed by atoms with Crippen LogP contribution < -0.4 is 4.74 Å². The lowest BCUT2D eigenvalue weighted by Gasteiger charge is -2.36. The van der Waals surface area contributed by atoms with E-state index in [0.717, 1.165) is 19.3 Å². The third-order valence-electron chi connectivity index (χ3n) is 4.22. The number of non-ortho nitro benzene ring substituents is 1. The first-order valence-electron chi connectivity index (χ1n) is 8.90. The molecule has 0 N–H and O–H groups in total. The summed E-state index contributed by atoms with van der Waals surface area (Å²) in [6.07, 6.45) is 2.38. The molecule has 1 amide bonds. The molecule has 9 heteroatoms. The molecule has 2 aromatic rings. The van der Waals surface area contributed by atoms with Gasteiger partial charge in [0, 0.05) is 18.7 Å². The first-order chi connectivity index (χ1) is 12.7. The van der Waals surface area contributed by atoms with Gasteiger partial charge in [-0.15, -0.1) is 0 Å². The second kappa shape index (κ2) is 7.42. The summed E-state index contributed by atoms with van der Waals surface area (Å²) < 4.78 is 16.6. The molecule has 0 bridgehead atoms. The third-order valence-corrected chi connectivity index (χ3v) is 4.22. The number of piperidine rings is 1. The second-order valence-corrected chi connectivity index (χ2v) is 7.52. The quantitative estimate of drug-likeness (QED) is 0.587. The number of fused-ring (bicyclic) bond motifs is 1. The van der Waals surface area contributed by atoms with E-state index in [4.69, 9.17) is 13.9 Å². The Balaban J connectivity index is 1.67. The highest BCUT2D eigenvalue weighted by atomic mass is 16.6. The molecular formula is C18H23N3O6. The van der Waals surface area contributed by atoms with Gasteiger partial charge in [0.1, 0.15) is 17.7 Å². The van der Waals surface area contributed by atoms with Crippen LogP contribution in [0.3, 0.4) is 0 Å². The van der Waals surface area contributed by atoms with Crippen LogP contribution in [-0.4, -0.2) is 45.7 Å². The maximum absolute atomic E-state index is 12.4.